The molecule has 2 rings (SSSR count). The molecule has 1 atom stereocenters. The molecule has 1 fully saturated rings. The summed E-state index contributed by atoms with van der Waals surface area (Å²) < 4.78 is 1.01. The van der Waals surface area contributed by atoms with Crippen LogP contribution in [0, 0.1) is 5.92 Å². The lowest BCUT2D eigenvalue weighted by Gasteiger charge is -2.28. The maximum atomic E-state index is 6.32. The molecule has 2 N–H and O–H groups in total. The van der Waals surface area contributed by atoms with Crippen LogP contribution in [-0.4, -0.2) is 0 Å². The summed E-state index contributed by atoms with van der Waals surface area (Å²) in [5, 5.41) is 0.785. The summed E-state index contributed by atoms with van der Waals surface area (Å²) in [6.45, 7) is 0. The average Bonchev–Trinajstić information content (AvgIpc) is 2.29. The zero-order valence-electron chi connectivity index (χ0n) is 9.26. The Labute approximate surface area is 110 Å². The second kappa shape index (κ2) is 5.52. The predicted octanol–water partition coefficient (Wildman–Crippen LogP) is 4.68. The van der Waals surface area contributed by atoms with E-state index in [9.17, 15) is 0 Å². The molecule has 0 bridgehead atoms. The van der Waals surface area contributed by atoms with Crippen LogP contribution in [-0.2, 0) is 0 Å². The van der Waals surface area contributed by atoms with Gasteiger partial charge in [-0.05, 0) is 36.5 Å². The Hall–Kier alpha value is -0.0500. The van der Waals surface area contributed by atoms with Gasteiger partial charge in [0.2, 0.25) is 0 Å². The Morgan fingerprint density at radius 1 is 1.25 bits per heavy atom. The third-order valence-electron chi connectivity index (χ3n) is 3.48. The van der Waals surface area contributed by atoms with Gasteiger partial charge in [-0.25, -0.2) is 0 Å². The van der Waals surface area contributed by atoms with Crippen LogP contribution in [0.5, 0.6) is 0 Å². The molecule has 0 amide bonds. The highest BCUT2D eigenvalue weighted by Gasteiger charge is 2.23. The minimum atomic E-state index is 0.0981. The molecule has 1 aromatic carbocycles. The van der Waals surface area contributed by atoms with Gasteiger partial charge in [0, 0.05) is 15.5 Å². The molecule has 88 valence electrons. The number of nitrogens with two attached hydrogens (primary N) is 1. The molecule has 1 aromatic rings. The van der Waals surface area contributed by atoms with Crippen LogP contribution < -0.4 is 5.73 Å². The first kappa shape index (κ1) is 12.4. The smallest absolute Gasteiger partial charge is 0.0465 e. The van der Waals surface area contributed by atoms with E-state index in [0.717, 1.165) is 15.1 Å². The molecule has 0 spiro atoms. The molecule has 16 heavy (non-hydrogen) atoms. The highest BCUT2D eigenvalue weighted by Crippen LogP contribution is 2.36. The van der Waals surface area contributed by atoms with Gasteiger partial charge >= 0.3 is 0 Å². The molecule has 1 unspecified atom stereocenters. The highest BCUT2D eigenvalue weighted by molar-refractivity contribution is 9.10. The third kappa shape index (κ3) is 2.79. The van der Waals surface area contributed by atoms with Gasteiger partial charge in [0.05, 0.1) is 0 Å². The molecule has 1 saturated carbocycles. The van der Waals surface area contributed by atoms with Crippen LogP contribution in [0.15, 0.2) is 22.7 Å². The van der Waals surface area contributed by atoms with Crippen LogP contribution in [0.1, 0.15) is 43.7 Å². The highest BCUT2D eigenvalue weighted by atomic mass is 79.9. The van der Waals surface area contributed by atoms with Gasteiger partial charge in [0.25, 0.3) is 0 Å². The lowest BCUT2D eigenvalue weighted by atomic mass is 9.81. The normalized spacial score (nSPS) is 19.7. The molecule has 0 radical (unpaired) electrons. The van der Waals surface area contributed by atoms with Gasteiger partial charge in [-0.2, -0.15) is 0 Å². The molecular formula is C13H17BrClN. The van der Waals surface area contributed by atoms with Gasteiger partial charge in [0.1, 0.15) is 0 Å². The summed E-state index contributed by atoms with van der Waals surface area (Å²) >= 11 is 9.65. The van der Waals surface area contributed by atoms with E-state index < -0.39 is 0 Å². The van der Waals surface area contributed by atoms with E-state index in [0.29, 0.717) is 5.92 Å². The fourth-order valence-corrected chi connectivity index (χ4v) is 3.32. The minimum Gasteiger partial charge on any atom is -0.324 e. The van der Waals surface area contributed by atoms with Crippen molar-refractivity contribution in [1.82, 2.24) is 0 Å². The second-order valence-electron chi connectivity index (χ2n) is 4.59. The molecule has 0 aromatic heterocycles. The standard InChI is InChI=1S/C13H17BrClN/c14-10-6-7-11(12(15)8-10)13(16)9-4-2-1-3-5-9/h6-9,13H,1-5,16H2. The first-order chi connectivity index (χ1) is 7.68. The molecule has 0 heterocycles. The SMILES string of the molecule is NC(c1ccc(Br)cc1Cl)C1CCCCC1. The van der Waals surface area contributed by atoms with Crippen molar-refractivity contribution in [1.29, 1.82) is 0 Å². The van der Waals surface area contributed by atoms with E-state index in [2.05, 4.69) is 15.9 Å². The summed E-state index contributed by atoms with van der Waals surface area (Å²) in [7, 11) is 0. The number of hydrogen-bond donors (Lipinski definition) is 1. The Balaban J connectivity index is 2.15. The summed E-state index contributed by atoms with van der Waals surface area (Å²) in [5.41, 5.74) is 7.42. The van der Waals surface area contributed by atoms with E-state index in [-0.39, 0.29) is 6.04 Å². The van der Waals surface area contributed by atoms with Crippen molar-refractivity contribution in [3.8, 4) is 0 Å². The van der Waals surface area contributed by atoms with Crippen LogP contribution in [0.4, 0.5) is 0 Å². The van der Waals surface area contributed by atoms with Crippen LogP contribution in [0.2, 0.25) is 5.02 Å². The zero-order chi connectivity index (χ0) is 11.5. The van der Waals surface area contributed by atoms with Crippen LogP contribution >= 0.6 is 27.5 Å². The Kier molecular flexibility index (Phi) is 4.28. The fraction of sp³-hybridized carbons (Fsp3) is 0.538. The second-order valence-corrected chi connectivity index (χ2v) is 5.91. The maximum Gasteiger partial charge on any atom is 0.0465 e. The Bertz CT molecular complexity index is 361. The van der Waals surface area contributed by atoms with Crippen molar-refractivity contribution in [3.63, 3.8) is 0 Å². The summed E-state index contributed by atoms with van der Waals surface area (Å²) in [4.78, 5) is 0. The Morgan fingerprint density at radius 2 is 1.94 bits per heavy atom. The van der Waals surface area contributed by atoms with Crippen molar-refractivity contribution < 1.29 is 0 Å². The molecule has 0 saturated heterocycles. The number of hydrogen-bond acceptors (Lipinski definition) is 1. The molecule has 1 nitrogen and oxygen atoms in total. The van der Waals surface area contributed by atoms with Gasteiger partial charge in [-0.1, -0.05) is 52.9 Å². The topological polar surface area (TPSA) is 26.0 Å². The van der Waals surface area contributed by atoms with Crippen LogP contribution in [0.25, 0.3) is 0 Å². The summed E-state index contributed by atoms with van der Waals surface area (Å²) in [5.74, 6) is 0.604. The number of halogens is 2. The summed E-state index contributed by atoms with van der Waals surface area (Å²) in [6.07, 6.45) is 6.47. The molecule has 3 heteroatoms. The largest absolute Gasteiger partial charge is 0.324 e. The molecule has 0 aliphatic heterocycles. The molecule has 1 aliphatic carbocycles. The van der Waals surface area contributed by atoms with Crippen molar-refractivity contribution >= 4 is 27.5 Å². The molecular weight excluding hydrogens is 286 g/mol. The first-order valence-corrected chi connectivity index (χ1v) is 7.06. The van der Waals surface area contributed by atoms with E-state index in [1.54, 1.807) is 0 Å². The van der Waals surface area contributed by atoms with Crippen molar-refractivity contribution in [2.75, 3.05) is 0 Å². The monoisotopic (exact) mass is 301 g/mol. The lowest BCUT2D eigenvalue weighted by Crippen LogP contribution is -2.23. The van der Waals surface area contributed by atoms with Gasteiger partial charge in [0.15, 0.2) is 0 Å². The van der Waals surface area contributed by atoms with E-state index >= 15 is 0 Å². The first-order valence-electron chi connectivity index (χ1n) is 5.89. The third-order valence-corrected chi connectivity index (χ3v) is 4.30. The maximum absolute atomic E-state index is 6.32. The van der Waals surface area contributed by atoms with Gasteiger partial charge in [-0.15, -0.1) is 0 Å². The molecule has 1 aliphatic rings. The lowest BCUT2D eigenvalue weighted by molar-refractivity contribution is 0.308. The number of rotatable bonds is 2. The van der Waals surface area contributed by atoms with Crippen molar-refractivity contribution in [2.45, 2.75) is 38.1 Å². The van der Waals surface area contributed by atoms with Crippen molar-refractivity contribution in [3.05, 3.63) is 33.3 Å². The van der Waals surface area contributed by atoms with Crippen LogP contribution in [0.3, 0.4) is 0 Å². The zero-order valence-corrected chi connectivity index (χ0v) is 11.6. The fourth-order valence-electron chi connectivity index (χ4n) is 2.52. The predicted molar refractivity (Wildman–Crippen MR) is 72.7 cm³/mol. The van der Waals surface area contributed by atoms with Gasteiger partial charge in [-0.3, -0.25) is 0 Å². The van der Waals surface area contributed by atoms with Gasteiger partial charge < -0.3 is 5.73 Å². The quantitative estimate of drug-likeness (QED) is 0.843. The van der Waals surface area contributed by atoms with E-state index in [1.165, 1.54) is 32.1 Å². The van der Waals surface area contributed by atoms with Crippen molar-refractivity contribution in [2.24, 2.45) is 11.7 Å². The van der Waals surface area contributed by atoms with E-state index in [1.807, 2.05) is 18.2 Å². The van der Waals surface area contributed by atoms with E-state index in [4.69, 9.17) is 17.3 Å². The average molecular weight is 303 g/mol. The Morgan fingerprint density at radius 3 is 2.56 bits per heavy atom. The number of benzene rings is 1. The summed E-state index contributed by atoms with van der Waals surface area (Å²) in [6, 6.07) is 6.09. The minimum absolute atomic E-state index is 0.0981.